The van der Waals surface area contributed by atoms with Gasteiger partial charge >= 0.3 is 0 Å². The molecule has 2 heterocycles. The number of hydrogen-bond acceptors (Lipinski definition) is 3. The third-order valence-corrected chi connectivity index (χ3v) is 6.23. The van der Waals surface area contributed by atoms with Gasteiger partial charge in [-0.25, -0.2) is 0 Å². The van der Waals surface area contributed by atoms with E-state index < -0.39 is 0 Å². The van der Waals surface area contributed by atoms with Crippen molar-refractivity contribution in [2.45, 2.75) is 50.4 Å². The van der Waals surface area contributed by atoms with Crippen LogP contribution in [0.3, 0.4) is 0 Å². The zero-order valence-corrected chi connectivity index (χ0v) is 16.6. The van der Waals surface area contributed by atoms with Crippen LogP contribution in [0.4, 0.5) is 0 Å². The number of likely N-dealkylation sites (tertiary alicyclic amines) is 2. The molecular weight excluding hydrogens is 338 g/mol. The molecule has 0 atom stereocenters. The molecule has 1 aromatic rings. The van der Waals surface area contributed by atoms with Crippen LogP contribution in [0, 0.1) is 0 Å². The summed E-state index contributed by atoms with van der Waals surface area (Å²) in [5.41, 5.74) is 1.34. The molecule has 0 aromatic heterocycles. The van der Waals surface area contributed by atoms with Gasteiger partial charge in [0.1, 0.15) is 0 Å². The number of carbonyl (C=O) groups is 2. The number of hydrogen-bond donors (Lipinski definition) is 1. The number of carbonyl (C=O) groups excluding carboxylic acids is 2. The Bertz CT molecular complexity index is 624. The van der Waals surface area contributed by atoms with Crippen molar-refractivity contribution >= 4 is 11.8 Å². The standard InChI is InChI=1S/C22H33N3O2/c1-24-16-12-22(13-17-24,19-8-4-2-5-9-19)18-23-20(26)11-15-25-14-7-3-6-10-21(25)27/h2,4-5,8-9H,3,6-7,10-18H2,1H3,(H,23,26). The molecule has 0 radical (unpaired) electrons. The summed E-state index contributed by atoms with van der Waals surface area (Å²) < 4.78 is 0. The summed E-state index contributed by atoms with van der Waals surface area (Å²) in [7, 11) is 2.16. The van der Waals surface area contributed by atoms with Crippen molar-refractivity contribution in [3.05, 3.63) is 35.9 Å². The molecule has 5 heteroatoms. The van der Waals surface area contributed by atoms with E-state index in [4.69, 9.17) is 0 Å². The average molecular weight is 372 g/mol. The molecule has 0 saturated carbocycles. The molecule has 2 aliphatic rings. The van der Waals surface area contributed by atoms with E-state index in [2.05, 4.69) is 41.5 Å². The predicted molar refractivity (Wildman–Crippen MR) is 108 cm³/mol. The highest BCUT2D eigenvalue weighted by atomic mass is 16.2. The second kappa shape index (κ2) is 9.36. The molecule has 0 aliphatic carbocycles. The number of amides is 2. The van der Waals surface area contributed by atoms with Crippen molar-refractivity contribution in [3.63, 3.8) is 0 Å². The Morgan fingerprint density at radius 3 is 2.56 bits per heavy atom. The van der Waals surface area contributed by atoms with Gasteiger partial charge in [0, 0.05) is 37.9 Å². The van der Waals surface area contributed by atoms with E-state index in [0.29, 0.717) is 25.9 Å². The highest BCUT2D eigenvalue weighted by Crippen LogP contribution is 2.34. The minimum absolute atomic E-state index is 0.0157. The van der Waals surface area contributed by atoms with Crippen molar-refractivity contribution in [1.29, 1.82) is 0 Å². The molecular formula is C22H33N3O2. The fourth-order valence-electron chi connectivity index (χ4n) is 4.27. The van der Waals surface area contributed by atoms with E-state index in [-0.39, 0.29) is 17.2 Å². The third-order valence-electron chi connectivity index (χ3n) is 6.23. The number of nitrogens with one attached hydrogen (secondary N) is 1. The lowest BCUT2D eigenvalue weighted by atomic mass is 9.72. The highest BCUT2D eigenvalue weighted by Gasteiger charge is 2.35. The topological polar surface area (TPSA) is 52.7 Å². The van der Waals surface area contributed by atoms with E-state index in [1.165, 1.54) is 5.56 Å². The number of rotatable bonds is 6. The van der Waals surface area contributed by atoms with Gasteiger partial charge in [0.15, 0.2) is 0 Å². The first-order valence-corrected chi connectivity index (χ1v) is 10.4. The third kappa shape index (κ3) is 5.32. The molecule has 0 bridgehead atoms. The van der Waals surface area contributed by atoms with Gasteiger partial charge in [-0.2, -0.15) is 0 Å². The van der Waals surface area contributed by atoms with E-state index in [9.17, 15) is 9.59 Å². The Kier molecular flexibility index (Phi) is 6.89. The number of nitrogens with zero attached hydrogens (tertiary/aromatic N) is 2. The Morgan fingerprint density at radius 2 is 1.81 bits per heavy atom. The van der Waals surface area contributed by atoms with Crippen molar-refractivity contribution < 1.29 is 9.59 Å². The summed E-state index contributed by atoms with van der Waals surface area (Å²) in [5.74, 6) is 0.262. The molecule has 5 nitrogen and oxygen atoms in total. The van der Waals surface area contributed by atoms with E-state index in [1.807, 2.05) is 11.0 Å². The van der Waals surface area contributed by atoms with Gasteiger partial charge in [0.25, 0.3) is 0 Å². The van der Waals surface area contributed by atoms with Gasteiger partial charge in [-0.05, 0) is 51.4 Å². The minimum atomic E-state index is 0.0157. The van der Waals surface area contributed by atoms with Crippen molar-refractivity contribution in [2.24, 2.45) is 0 Å². The van der Waals surface area contributed by atoms with E-state index in [1.54, 1.807) is 0 Å². The van der Waals surface area contributed by atoms with Crippen LogP contribution in [0.25, 0.3) is 0 Å². The van der Waals surface area contributed by atoms with Crippen molar-refractivity contribution in [3.8, 4) is 0 Å². The Morgan fingerprint density at radius 1 is 1.07 bits per heavy atom. The highest BCUT2D eigenvalue weighted by molar-refractivity contribution is 5.79. The first kappa shape index (κ1) is 19.9. The lowest BCUT2D eigenvalue weighted by molar-refractivity contribution is -0.131. The molecule has 0 spiro atoms. The first-order valence-electron chi connectivity index (χ1n) is 10.4. The van der Waals surface area contributed by atoms with Crippen molar-refractivity contribution in [2.75, 3.05) is 39.8 Å². The number of benzene rings is 1. The average Bonchev–Trinajstić information content (AvgIpc) is 2.91. The monoisotopic (exact) mass is 371 g/mol. The second-order valence-corrected chi connectivity index (χ2v) is 8.17. The molecule has 1 aromatic carbocycles. The Labute approximate surface area is 163 Å². The van der Waals surface area contributed by atoms with Gasteiger partial charge in [-0.3, -0.25) is 9.59 Å². The fraction of sp³-hybridized carbons (Fsp3) is 0.636. The summed E-state index contributed by atoms with van der Waals surface area (Å²) in [4.78, 5) is 28.8. The summed E-state index contributed by atoms with van der Waals surface area (Å²) in [6.07, 6.45) is 6.29. The second-order valence-electron chi connectivity index (χ2n) is 8.17. The normalized spacial score (nSPS) is 20.9. The van der Waals surface area contributed by atoms with Crippen molar-refractivity contribution in [1.82, 2.24) is 15.1 Å². The van der Waals surface area contributed by atoms with Crippen LogP contribution in [0.5, 0.6) is 0 Å². The van der Waals surface area contributed by atoms with Gasteiger partial charge in [-0.15, -0.1) is 0 Å². The smallest absolute Gasteiger partial charge is 0.222 e. The maximum Gasteiger partial charge on any atom is 0.222 e. The molecule has 2 saturated heterocycles. The lowest BCUT2D eigenvalue weighted by Gasteiger charge is -2.41. The van der Waals surface area contributed by atoms with Crippen LogP contribution in [0.1, 0.15) is 50.5 Å². The molecule has 1 N–H and O–H groups in total. The molecule has 0 unspecified atom stereocenters. The molecule has 27 heavy (non-hydrogen) atoms. The fourth-order valence-corrected chi connectivity index (χ4v) is 4.27. The minimum Gasteiger partial charge on any atom is -0.355 e. The maximum atomic E-state index is 12.5. The lowest BCUT2D eigenvalue weighted by Crippen LogP contribution is -2.48. The zero-order valence-electron chi connectivity index (χ0n) is 16.6. The SMILES string of the molecule is CN1CCC(CNC(=O)CCN2CCCCCC2=O)(c2ccccc2)CC1. The van der Waals surface area contributed by atoms with Gasteiger partial charge in [0.2, 0.25) is 11.8 Å². The van der Waals surface area contributed by atoms with Gasteiger partial charge in [0.05, 0.1) is 0 Å². The summed E-state index contributed by atoms with van der Waals surface area (Å²) in [6, 6.07) is 10.6. The van der Waals surface area contributed by atoms with Gasteiger partial charge in [-0.1, -0.05) is 36.8 Å². The van der Waals surface area contributed by atoms with Crippen LogP contribution in [-0.4, -0.2) is 61.4 Å². The summed E-state index contributed by atoms with van der Waals surface area (Å²) in [5, 5.41) is 3.18. The number of piperidine rings is 1. The van der Waals surface area contributed by atoms with E-state index >= 15 is 0 Å². The Balaban J connectivity index is 1.55. The molecule has 2 aliphatic heterocycles. The Hall–Kier alpha value is -1.88. The first-order chi connectivity index (χ1) is 13.1. The maximum absolute atomic E-state index is 12.5. The molecule has 2 fully saturated rings. The largest absolute Gasteiger partial charge is 0.355 e. The summed E-state index contributed by atoms with van der Waals surface area (Å²) >= 11 is 0. The van der Waals surface area contributed by atoms with Gasteiger partial charge < -0.3 is 15.1 Å². The van der Waals surface area contributed by atoms with Crippen LogP contribution >= 0.6 is 0 Å². The zero-order chi connectivity index (χ0) is 19.1. The van der Waals surface area contributed by atoms with Crippen LogP contribution in [0.2, 0.25) is 0 Å². The summed E-state index contributed by atoms with van der Waals surface area (Å²) in [6.45, 7) is 4.12. The van der Waals surface area contributed by atoms with Crippen LogP contribution in [-0.2, 0) is 15.0 Å². The van der Waals surface area contributed by atoms with Crippen LogP contribution in [0.15, 0.2) is 30.3 Å². The quantitative estimate of drug-likeness (QED) is 0.836. The molecule has 3 rings (SSSR count). The molecule has 148 valence electrons. The molecule has 2 amide bonds. The predicted octanol–water partition coefficient (Wildman–Crippen LogP) is 2.56. The van der Waals surface area contributed by atoms with Crippen LogP contribution < -0.4 is 5.32 Å². The van der Waals surface area contributed by atoms with E-state index in [0.717, 1.165) is 51.7 Å².